The summed E-state index contributed by atoms with van der Waals surface area (Å²) in [5.41, 5.74) is 1.21. The van der Waals surface area contributed by atoms with Crippen LogP contribution in [0.2, 0.25) is 0 Å². The Labute approximate surface area is 151 Å². The molecule has 0 aromatic heterocycles. The third kappa shape index (κ3) is 5.44. The van der Waals surface area contributed by atoms with Gasteiger partial charge in [0.05, 0.1) is 12.7 Å². The van der Waals surface area contributed by atoms with Gasteiger partial charge in [0.2, 0.25) is 0 Å². The zero-order chi connectivity index (χ0) is 17.5. The Balaban J connectivity index is 1.30. The molecule has 2 amide bonds. The van der Waals surface area contributed by atoms with Crippen LogP contribution in [0.4, 0.5) is 4.79 Å². The molecule has 5 nitrogen and oxygen atoms in total. The van der Waals surface area contributed by atoms with Gasteiger partial charge >= 0.3 is 6.03 Å². The van der Waals surface area contributed by atoms with Gasteiger partial charge in [0.25, 0.3) is 0 Å². The minimum atomic E-state index is 0.0853. The topological polar surface area (TPSA) is 44.8 Å². The molecule has 1 atom stereocenters. The Morgan fingerprint density at radius 1 is 1.16 bits per heavy atom. The summed E-state index contributed by atoms with van der Waals surface area (Å²) in [6.07, 6.45) is 5.70. The molecule has 25 heavy (non-hydrogen) atoms. The maximum atomic E-state index is 12.3. The number of hydrogen-bond donors (Lipinski definition) is 1. The van der Waals surface area contributed by atoms with Crippen LogP contribution in [-0.2, 0) is 11.3 Å². The summed E-state index contributed by atoms with van der Waals surface area (Å²) in [7, 11) is 2.18. The van der Waals surface area contributed by atoms with E-state index in [2.05, 4.69) is 29.4 Å². The van der Waals surface area contributed by atoms with Gasteiger partial charge in [-0.15, -0.1) is 0 Å². The first-order chi connectivity index (χ1) is 12.2. The van der Waals surface area contributed by atoms with Crippen LogP contribution in [0.3, 0.4) is 0 Å². The number of amides is 2. The summed E-state index contributed by atoms with van der Waals surface area (Å²) in [6, 6.07) is 11.0. The molecular weight excluding hydrogens is 314 g/mol. The van der Waals surface area contributed by atoms with E-state index in [1.165, 1.54) is 24.9 Å². The summed E-state index contributed by atoms with van der Waals surface area (Å²) in [5.74, 6) is 0. The number of piperidine rings is 1. The molecule has 0 bridgehead atoms. The minimum Gasteiger partial charge on any atom is -0.373 e. The van der Waals surface area contributed by atoms with Crippen LogP contribution in [-0.4, -0.2) is 61.2 Å². The third-order valence-electron chi connectivity index (χ3n) is 5.48. The number of benzene rings is 1. The van der Waals surface area contributed by atoms with E-state index in [1.807, 2.05) is 23.1 Å². The number of hydrogen-bond acceptors (Lipinski definition) is 3. The fraction of sp³-hybridized carbons (Fsp3) is 0.650. The first kappa shape index (κ1) is 18.2. The lowest BCUT2D eigenvalue weighted by molar-refractivity contribution is 0.00446. The maximum Gasteiger partial charge on any atom is 0.317 e. The SMILES string of the molecule is CN1CCCC1CCNC(=O)N1CCC(OCc2ccccc2)CC1. The third-order valence-corrected chi connectivity index (χ3v) is 5.48. The van der Waals surface area contributed by atoms with Crippen molar-refractivity contribution in [2.24, 2.45) is 0 Å². The van der Waals surface area contributed by atoms with Crippen molar-refractivity contribution in [1.82, 2.24) is 15.1 Å². The average Bonchev–Trinajstić information content (AvgIpc) is 3.06. The van der Waals surface area contributed by atoms with E-state index >= 15 is 0 Å². The number of nitrogens with zero attached hydrogens (tertiary/aromatic N) is 2. The van der Waals surface area contributed by atoms with Gasteiger partial charge in [-0.25, -0.2) is 4.79 Å². The molecule has 2 fully saturated rings. The summed E-state index contributed by atoms with van der Waals surface area (Å²) in [6.45, 7) is 4.20. The van der Waals surface area contributed by atoms with E-state index in [0.717, 1.165) is 38.9 Å². The van der Waals surface area contributed by atoms with Gasteiger partial charge in [-0.3, -0.25) is 0 Å². The van der Waals surface area contributed by atoms with Crippen molar-refractivity contribution in [3.8, 4) is 0 Å². The van der Waals surface area contributed by atoms with Gasteiger partial charge in [-0.2, -0.15) is 0 Å². The summed E-state index contributed by atoms with van der Waals surface area (Å²) in [5, 5.41) is 3.09. The molecule has 1 aromatic rings. The molecule has 2 saturated heterocycles. The van der Waals surface area contributed by atoms with E-state index in [1.54, 1.807) is 0 Å². The normalized spacial score (nSPS) is 22.3. The van der Waals surface area contributed by atoms with Crippen LogP contribution in [0.25, 0.3) is 0 Å². The minimum absolute atomic E-state index is 0.0853. The number of ether oxygens (including phenoxy) is 1. The molecule has 1 aromatic carbocycles. The molecule has 2 aliphatic rings. The number of likely N-dealkylation sites (tertiary alicyclic amines) is 2. The number of carbonyl (C=O) groups excluding carboxylic acids is 1. The zero-order valence-corrected chi connectivity index (χ0v) is 15.3. The number of carbonyl (C=O) groups is 1. The molecule has 0 saturated carbocycles. The Morgan fingerprint density at radius 3 is 2.60 bits per heavy atom. The van der Waals surface area contributed by atoms with Crippen LogP contribution in [0.15, 0.2) is 30.3 Å². The second kappa shape index (κ2) is 9.20. The van der Waals surface area contributed by atoms with E-state index in [4.69, 9.17) is 4.74 Å². The molecule has 1 N–H and O–H groups in total. The standard InChI is InChI=1S/C20H31N3O2/c1-22-13-5-8-18(22)9-12-21-20(24)23-14-10-19(11-15-23)25-16-17-6-3-2-4-7-17/h2-4,6-7,18-19H,5,8-16H2,1H3,(H,21,24). The summed E-state index contributed by atoms with van der Waals surface area (Å²) < 4.78 is 5.99. The Morgan fingerprint density at radius 2 is 1.92 bits per heavy atom. The highest BCUT2D eigenvalue weighted by atomic mass is 16.5. The molecule has 0 aliphatic carbocycles. The predicted molar refractivity (Wildman–Crippen MR) is 99.5 cm³/mol. The lowest BCUT2D eigenvalue weighted by atomic mass is 10.1. The molecule has 2 heterocycles. The van der Waals surface area contributed by atoms with Gasteiger partial charge in [0.15, 0.2) is 0 Å². The average molecular weight is 345 g/mol. The highest BCUT2D eigenvalue weighted by Crippen LogP contribution is 2.18. The zero-order valence-electron chi connectivity index (χ0n) is 15.3. The van der Waals surface area contributed by atoms with E-state index in [0.29, 0.717) is 12.6 Å². The van der Waals surface area contributed by atoms with Crippen LogP contribution >= 0.6 is 0 Å². The quantitative estimate of drug-likeness (QED) is 0.862. The van der Waals surface area contributed by atoms with Crippen molar-refractivity contribution in [3.63, 3.8) is 0 Å². The molecule has 0 radical (unpaired) electrons. The number of urea groups is 1. The Bertz CT molecular complexity index is 529. The fourth-order valence-electron chi connectivity index (χ4n) is 3.82. The molecular formula is C20H31N3O2. The van der Waals surface area contributed by atoms with E-state index < -0.39 is 0 Å². The van der Waals surface area contributed by atoms with Crippen molar-refractivity contribution >= 4 is 6.03 Å². The molecule has 0 spiro atoms. The smallest absolute Gasteiger partial charge is 0.317 e. The first-order valence-electron chi connectivity index (χ1n) is 9.61. The molecule has 5 heteroatoms. The first-order valence-corrected chi connectivity index (χ1v) is 9.61. The van der Waals surface area contributed by atoms with Crippen LogP contribution in [0, 0.1) is 0 Å². The van der Waals surface area contributed by atoms with Crippen LogP contribution in [0.5, 0.6) is 0 Å². The van der Waals surface area contributed by atoms with Crippen molar-refractivity contribution in [2.75, 3.05) is 33.2 Å². The van der Waals surface area contributed by atoms with Crippen molar-refractivity contribution < 1.29 is 9.53 Å². The van der Waals surface area contributed by atoms with Gasteiger partial charge in [-0.05, 0) is 51.3 Å². The Kier molecular flexibility index (Phi) is 6.70. The lowest BCUT2D eigenvalue weighted by Gasteiger charge is -2.32. The summed E-state index contributed by atoms with van der Waals surface area (Å²) >= 11 is 0. The molecule has 3 rings (SSSR count). The number of nitrogens with one attached hydrogen (secondary N) is 1. The molecule has 1 unspecified atom stereocenters. The Hall–Kier alpha value is -1.59. The van der Waals surface area contributed by atoms with Gasteiger partial charge < -0.3 is 19.9 Å². The molecule has 138 valence electrons. The van der Waals surface area contributed by atoms with Gasteiger partial charge in [0, 0.05) is 25.7 Å². The predicted octanol–water partition coefficient (Wildman–Crippen LogP) is 2.86. The fourth-order valence-corrected chi connectivity index (χ4v) is 3.82. The van der Waals surface area contributed by atoms with Crippen molar-refractivity contribution in [1.29, 1.82) is 0 Å². The van der Waals surface area contributed by atoms with Crippen molar-refractivity contribution in [3.05, 3.63) is 35.9 Å². The van der Waals surface area contributed by atoms with Crippen LogP contribution < -0.4 is 5.32 Å². The largest absolute Gasteiger partial charge is 0.373 e. The highest BCUT2D eigenvalue weighted by molar-refractivity contribution is 5.74. The second-order valence-corrected chi connectivity index (χ2v) is 7.28. The highest BCUT2D eigenvalue weighted by Gasteiger charge is 2.24. The van der Waals surface area contributed by atoms with Gasteiger partial charge in [-0.1, -0.05) is 30.3 Å². The van der Waals surface area contributed by atoms with Crippen molar-refractivity contribution in [2.45, 2.75) is 50.9 Å². The second-order valence-electron chi connectivity index (χ2n) is 7.28. The lowest BCUT2D eigenvalue weighted by Crippen LogP contribution is -2.46. The number of rotatable bonds is 6. The van der Waals surface area contributed by atoms with Crippen LogP contribution in [0.1, 0.15) is 37.7 Å². The van der Waals surface area contributed by atoms with E-state index in [-0.39, 0.29) is 12.1 Å². The summed E-state index contributed by atoms with van der Waals surface area (Å²) in [4.78, 5) is 16.6. The van der Waals surface area contributed by atoms with Gasteiger partial charge in [0.1, 0.15) is 0 Å². The molecule has 2 aliphatic heterocycles. The maximum absolute atomic E-state index is 12.3. The monoisotopic (exact) mass is 345 g/mol. The van der Waals surface area contributed by atoms with E-state index in [9.17, 15) is 4.79 Å².